The second-order valence-electron chi connectivity index (χ2n) is 10.2. The largest absolute Gasteiger partial charge is 0.494 e. The van der Waals surface area contributed by atoms with E-state index in [1.807, 2.05) is 48.5 Å². The van der Waals surface area contributed by atoms with Crippen molar-refractivity contribution in [2.45, 2.75) is 31.0 Å². The molecule has 0 aromatic heterocycles. The zero-order chi connectivity index (χ0) is 31.1. The van der Waals surface area contributed by atoms with Gasteiger partial charge in [-0.2, -0.15) is 0 Å². The van der Waals surface area contributed by atoms with E-state index in [1.165, 1.54) is 0 Å². The summed E-state index contributed by atoms with van der Waals surface area (Å²) in [5.74, 6) is 0.528. The highest BCUT2D eigenvalue weighted by molar-refractivity contribution is 9.10. The van der Waals surface area contributed by atoms with Crippen LogP contribution in [0, 0.1) is 0 Å². The second-order valence-corrected chi connectivity index (χ2v) is 12.4. The van der Waals surface area contributed by atoms with Gasteiger partial charge in [0, 0.05) is 56.7 Å². The maximum atomic E-state index is 14.3. The van der Waals surface area contributed by atoms with E-state index in [9.17, 15) is 4.79 Å². The van der Waals surface area contributed by atoms with Gasteiger partial charge in [-0.1, -0.05) is 81.1 Å². The number of amides is 1. The van der Waals surface area contributed by atoms with Crippen molar-refractivity contribution in [3.05, 3.63) is 133 Å². The van der Waals surface area contributed by atoms with Gasteiger partial charge in [-0.3, -0.25) is 10.2 Å². The van der Waals surface area contributed by atoms with E-state index < -0.39 is 17.6 Å². The molecule has 7 nitrogen and oxygen atoms in total. The van der Waals surface area contributed by atoms with Crippen LogP contribution in [0.5, 0.6) is 5.75 Å². The summed E-state index contributed by atoms with van der Waals surface area (Å²) in [6, 6.07) is 27.4. The number of halogens is 4. The number of carbonyl (C=O) groups excluding carboxylic acids is 1. The minimum atomic E-state index is -1.45. The van der Waals surface area contributed by atoms with E-state index in [2.05, 4.69) is 26.8 Å². The van der Waals surface area contributed by atoms with Gasteiger partial charge in [0.05, 0.1) is 6.61 Å². The average Bonchev–Trinajstić information content (AvgIpc) is 3.40. The predicted molar refractivity (Wildman–Crippen MR) is 177 cm³/mol. The van der Waals surface area contributed by atoms with E-state index in [4.69, 9.17) is 54.4 Å². The van der Waals surface area contributed by atoms with E-state index in [0.29, 0.717) is 51.5 Å². The first kappa shape index (κ1) is 32.3. The molecule has 1 aliphatic heterocycles. The van der Waals surface area contributed by atoms with E-state index in [-0.39, 0.29) is 18.9 Å². The van der Waals surface area contributed by atoms with Gasteiger partial charge in [-0.15, -0.1) is 0 Å². The number of aliphatic hydroxyl groups is 1. The fourth-order valence-electron chi connectivity index (χ4n) is 4.82. The number of nitrogens with one attached hydrogen (secondary N) is 2. The molecule has 3 N–H and O–H groups in total. The summed E-state index contributed by atoms with van der Waals surface area (Å²) in [5, 5.41) is 10.5. The molecule has 0 saturated carbocycles. The summed E-state index contributed by atoms with van der Waals surface area (Å²) in [4.78, 5) is 19.3. The Morgan fingerprint density at radius 1 is 0.932 bits per heavy atom. The van der Waals surface area contributed by atoms with Crippen LogP contribution in [-0.4, -0.2) is 35.7 Å². The molecule has 11 heteroatoms. The summed E-state index contributed by atoms with van der Waals surface area (Å²) < 4.78 is 13.1. The second kappa shape index (κ2) is 14.8. The quantitative estimate of drug-likeness (QED) is 0.104. The zero-order valence-corrected chi connectivity index (χ0v) is 27.3. The lowest BCUT2D eigenvalue weighted by molar-refractivity contribution is -0.130. The first-order chi connectivity index (χ1) is 21.3. The Bertz CT molecular complexity index is 1620. The van der Waals surface area contributed by atoms with E-state index in [1.54, 1.807) is 42.5 Å². The number of hydrogen-bond donors (Lipinski definition) is 3. The lowest BCUT2D eigenvalue weighted by Gasteiger charge is -2.31. The molecule has 0 spiro atoms. The summed E-state index contributed by atoms with van der Waals surface area (Å²) in [6.07, 6.45) is -0.144. The van der Waals surface area contributed by atoms with Crippen molar-refractivity contribution in [2.75, 3.05) is 13.2 Å². The van der Waals surface area contributed by atoms with Crippen LogP contribution in [0.1, 0.15) is 34.8 Å². The number of rotatable bonds is 12. The molecule has 4 aromatic carbocycles. The molecular formula is C33H29BrCl3N3O4. The molecule has 0 unspecified atom stereocenters. The minimum Gasteiger partial charge on any atom is -0.494 e. The lowest BCUT2D eigenvalue weighted by Crippen LogP contribution is -2.53. The third-order valence-electron chi connectivity index (χ3n) is 7.07. The number of aliphatic imine (C=N–C) groups is 1. The maximum absolute atomic E-state index is 14.3. The standard InChI is InChI=1S/C33H29BrCl3N3O4/c34-24-8-2-21(3-9-24)19-33(32(42)40-38-20-22-4-10-25(35)11-5-22)30(28-15-12-26(36)18-29(28)37)44-31(39-33)23-6-13-27(14-7-23)43-17-1-16-41/h2-15,18,30,38,41H,1,16-17,19-20H2,(H,40,42)/t30-,33-/m0/s1. The average molecular weight is 718 g/mol. The third kappa shape index (κ3) is 7.75. The highest BCUT2D eigenvalue weighted by atomic mass is 79.9. The van der Waals surface area contributed by atoms with Crippen LogP contribution in [0.15, 0.2) is 100 Å². The molecule has 0 aliphatic carbocycles. The molecule has 5 rings (SSSR count). The summed E-state index contributed by atoms with van der Waals surface area (Å²) in [7, 11) is 0. The van der Waals surface area contributed by atoms with Gasteiger partial charge in [0.25, 0.3) is 5.91 Å². The molecule has 1 aliphatic rings. The fourth-order valence-corrected chi connectivity index (χ4v) is 5.72. The SMILES string of the molecule is O=C(NNCc1ccc(Cl)cc1)[C@@]1(Cc2ccc(Br)cc2)N=C(c2ccc(OCCCO)cc2)O[C@H]1c1ccc(Cl)cc1Cl. The first-order valence-corrected chi connectivity index (χ1v) is 15.8. The molecule has 0 radical (unpaired) electrons. The van der Waals surface area contributed by atoms with Crippen LogP contribution in [0.3, 0.4) is 0 Å². The van der Waals surface area contributed by atoms with Gasteiger partial charge >= 0.3 is 0 Å². The van der Waals surface area contributed by atoms with Gasteiger partial charge < -0.3 is 14.6 Å². The Balaban J connectivity index is 1.53. The number of benzene rings is 4. The topological polar surface area (TPSA) is 92.2 Å². The third-order valence-corrected chi connectivity index (χ3v) is 8.41. The van der Waals surface area contributed by atoms with Crippen molar-refractivity contribution in [1.82, 2.24) is 10.9 Å². The van der Waals surface area contributed by atoms with Crippen molar-refractivity contribution in [2.24, 2.45) is 4.99 Å². The van der Waals surface area contributed by atoms with Gasteiger partial charge in [-0.25, -0.2) is 10.4 Å². The predicted octanol–water partition coefficient (Wildman–Crippen LogP) is 7.49. The van der Waals surface area contributed by atoms with Crippen LogP contribution in [0.25, 0.3) is 0 Å². The van der Waals surface area contributed by atoms with Crippen molar-refractivity contribution >= 4 is 62.5 Å². The van der Waals surface area contributed by atoms with Crippen LogP contribution < -0.4 is 15.6 Å². The Labute approximate surface area is 279 Å². The van der Waals surface area contributed by atoms with Crippen molar-refractivity contribution < 1.29 is 19.4 Å². The smallest absolute Gasteiger partial charge is 0.266 e. The number of hydrazine groups is 1. The van der Waals surface area contributed by atoms with Crippen molar-refractivity contribution in [1.29, 1.82) is 0 Å². The van der Waals surface area contributed by atoms with E-state index in [0.717, 1.165) is 15.6 Å². The summed E-state index contributed by atoms with van der Waals surface area (Å²) in [5.41, 5.74) is 7.49. The summed E-state index contributed by atoms with van der Waals surface area (Å²) in [6.45, 7) is 0.803. The molecule has 1 amide bonds. The molecule has 2 atom stereocenters. The van der Waals surface area contributed by atoms with Crippen molar-refractivity contribution in [3.63, 3.8) is 0 Å². The number of nitrogens with zero attached hydrogens (tertiary/aromatic N) is 1. The molecule has 0 fully saturated rings. The molecular weight excluding hydrogens is 689 g/mol. The highest BCUT2D eigenvalue weighted by Crippen LogP contribution is 2.45. The number of aliphatic hydroxyl groups excluding tert-OH is 1. The Morgan fingerprint density at radius 2 is 1.61 bits per heavy atom. The van der Waals surface area contributed by atoms with Crippen LogP contribution in [0.4, 0.5) is 0 Å². The molecule has 1 heterocycles. The molecule has 44 heavy (non-hydrogen) atoms. The lowest BCUT2D eigenvalue weighted by atomic mass is 9.82. The minimum absolute atomic E-state index is 0.0500. The van der Waals surface area contributed by atoms with Gasteiger partial charge in [0.2, 0.25) is 5.90 Å². The van der Waals surface area contributed by atoms with Crippen LogP contribution >= 0.6 is 50.7 Å². The molecule has 4 aromatic rings. The van der Waals surface area contributed by atoms with Crippen LogP contribution in [0.2, 0.25) is 15.1 Å². The van der Waals surface area contributed by atoms with Gasteiger partial charge in [-0.05, 0) is 71.8 Å². The monoisotopic (exact) mass is 715 g/mol. The Hall–Kier alpha value is -3.11. The number of hydrogen-bond acceptors (Lipinski definition) is 6. The van der Waals surface area contributed by atoms with Gasteiger partial charge in [0.1, 0.15) is 5.75 Å². The molecule has 0 bridgehead atoms. The Kier molecular flexibility index (Phi) is 10.8. The van der Waals surface area contributed by atoms with Gasteiger partial charge in [0.15, 0.2) is 11.6 Å². The molecule has 228 valence electrons. The highest BCUT2D eigenvalue weighted by Gasteiger charge is 2.54. The van der Waals surface area contributed by atoms with Crippen molar-refractivity contribution in [3.8, 4) is 5.75 Å². The normalized spacial score (nSPS) is 17.6. The Morgan fingerprint density at radius 3 is 2.30 bits per heavy atom. The van der Waals surface area contributed by atoms with E-state index >= 15 is 0 Å². The number of ether oxygens (including phenoxy) is 2. The fraction of sp³-hybridized carbons (Fsp3) is 0.212. The number of carbonyl (C=O) groups is 1. The van der Waals surface area contributed by atoms with Crippen LogP contribution in [-0.2, 0) is 22.5 Å². The zero-order valence-electron chi connectivity index (χ0n) is 23.4. The first-order valence-electron chi connectivity index (χ1n) is 13.8. The summed E-state index contributed by atoms with van der Waals surface area (Å²) >= 11 is 22.5. The molecule has 0 saturated heterocycles. The maximum Gasteiger partial charge on any atom is 0.266 e.